The summed E-state index contributed by atoms with van der Waals surface area (Å²) in [6, 6.07) is 3.98. The normalized spacial score (nSPS) is 28.7. The van der Waals surface area contributed by atoms with Crippen molar-refractivity contribution in [2.45, 2.75) is 82.3 Å². The van der Waals surface area contributed by atoms with E-state index in [2.05, 4.69) is 5.32 Å². The number of carbonyl (C=O) groups excluding carboxylic acids is 3. The van der Waals surface area contributed by atoms with E-state index in [-0.39, 0.29) is 40.5 Å². The predicted molar refractivity (Wildman–Crippen MR) is 146 cm³/mol. The number of phenols is 2. The first-order chi connectivity index (χ1) is 19.8. The first-order valence-corrected chi connectivity index (χ1v) is 13.8. The summed E-state index contributed by atoms with van der Waals surface area (Å²) in [6.45, 7) is 4.47. The minimum absolute atomic E-state index is 0.0224. The third kappa shape index (κ3) is 4.77. The Kier molecular flexibility index (Phi) is 7.90. The predicted octanol–water partition coefficient (Wildman–Crippen LogP) is 1.04. The van der Waals surface area contributed by atoms with E-state index in [1.54, 1.807) is 6.92 Å². The van der Waals surface area contributed by atoms with Crippen molar-refractivity contribution >= 4 is 17.3 Å². The number of hydrogen-bond acceptors (Lipinski definition) is 12. The van der Waals surface area contributed by atoms with Gasteiger partial charge in [0.25, 0.3) is 0 Å². The van der Waals surface area contributed by atoms with Gasteiger partial charge in [0.15, 0.2) is 17.9 Å². The van der Waals surface area contributed by atoms with Crippen LogP contribution < -0.4 is 10.1 Å². The second kappa shape index (κ2) is 11.0. The molecular weight excluding hydrogens is 550 g/mol. The fourth-order valence-electron chi connectivity index (χ4n) is 6.31. The van der Waals surface area contributed by atoms with Crippen molar-refractivity contribution in [2.75, 3.05) is 13.7 Å². The lowest BCUT2D eigenvalue weighted by atomic mass is 9.72. The Bertz CT molecular complexity index is 1450. The molecule has 3 aliphatic rings. The average Bonchev–Trinajstić information content (AvgIpc) is 2.94. The maximum Gasteiger partial charge on any atom is 0.202 e. The highest BCUT2D eigenvalue weighted by atomic mass is 16.7. The molecule has 1 aliphatic heterocycles. The van der Waals surface area contributed by atoms with Crippen LogP contribution in [0.4, 0.5) is 0 Å². The Hall–Kier alpha value is -3.39. The minimum atomic E-state index is -2.23. The number of hydrogen-bond donors (Lipinski definition) is 6. The lowest BCUT2D eigenvalue weighted by Crippen LogP contribution is -2.56. The zero-order valence-corrected chi connectivity index (χ0v) is 23.7. The molecule has 0 amide bonds. The molecular formula is C30H35NO11. The standard InChI is InChI=1S/C30H35NO11/c1-12(2)31-16-8-20(41-13(3)25(16)34)42-18-10-30(39,19(33)11-32)9-15-22(18)29(38)24-23(27(15)36)26(35)14-6-5-7-17(40-4)21(14)28(24)37/h5-7,12-13,16,18,20,25,31-32,34,36,38-39H,8-11H2,1-4H3/t13-,16?,18-,20-,25+,30-/m0/s1. The van der Waals surface area contributed by atoms with Crippen LogP contribution in [-0.4, -0.2) is 92.8 Å². The van der Waals surface area contributed by atoms with Gasteiger partial charge in [-0.2, -0.15) is 0 Å². The highest BCUT2D eigenvalue weighted by Gasteiger charge is 2.50. The molecule has 1 fully saturated rings. The quantitative estimate of drug-likeness (QED) is 0.216. The van der Waals surface area contributed by atoms with E-state index >= 15 is 0 Å². The van der Waals surface area contributed by atoms with Gasteiger partial charge in [-0.1, -0.05) is 26.0 Å². The van der Waals surface area contributed by atoms with Gasteiger partial charge in [-0.25, -0.2) is 0 Å². The molecule has 0 radical (unpaired) electrons. The van der Waals surface area contributed by atoms with Gasteiger partial charge in [-0.05, 0) is 13.0 Å². The van der Waals surface area contributed by atoms with Crippen molar-refractivity contribution in [3.63, 3.8) is 0 Å². The van der Waals surface area contributed by atoms with Gasteiger partial charge >= 0.3 is 0 Å². The van der Waals surface area contributed by atoms with Gasteiger partial charge in [0.05, 0.1) is 42.1 Å². The Labute approximate surface area is 241 Å². The molecule has 0 saturated carbocycles. The largest absolute Gasteiger partial charge is 0.507 e. The summed E-state index contributed by atoms with van der Waals surface area (Å²) in [5, 5.41) is 57.9. The molecule has 1 saturated heterocycles. The highest BCUT2D eigenvalue weighted by Crippen LogP contribution is 2.52. The summed E-state index contributed by atoms with van der Waals surface area (Å²) in [5.41, 5.74) is -3.52. The number of ether oxygens (including phenoxy) is 3. The molecule has 6 atom stereocenters. The van der Waals surface area contributed by atoms with E-state index in [0.29, 0.717) is 0 Å². The number of aliphatic hydroxyl groups is 3. The maximum atomic E-state index is 13.8. The third-order valence-corrected chi connectivity index (χ3v) is 8.31. The lowest BCUT2D eigenvalue weighted by molar-refractivity contribution is -0.250. The topological polar surface area (TPSA) is 192 Å². The smallest absolute Gasteiger partial charge is 0.202 e. The number of phenolic OH excluding ortho intramolecular Hbond substituents is 2. The van der Waals surface area contributed by atoms with Crippen molar-refractivity contribution in [3.05, 3.63) is 51.6 Å². The monoisotopic (exact) mass is 585 g/mol. The van der Waals surface area contributed by atoms with E-state index in [1.165, 1.54) is 25.3 Å². The molecule has 1 unspecified atom stereocenters. The SMILES string of the molecule is COc1cccc2c1C(=O)c1c(O)c3c(c(O)c1C2=O)C[C@@](O)(C(=O)CO)C[C@@H]3O[C@H]1CC(NC(C)C)[C@H](O)[C@H](C)O1. The van der Waals surface area contributed by atoms with Crippen molar-refractivity contribution < 1.29 is 54.1 Å². The number of rotatable bonds is 7. The third-order valence-electron chi connectivity index (χ3n) is 8.31. The summed E-state index contributed by atoms with van der Waals surface area (Å²) in [6.07, 6.45) is -4.71. The number of ketones is 3. The lowest BCUT2D eigenvalue weighted by Gasteiger charge is -2.43. The second-order valence-electron chi connectivity index (χ2n) is 11.4. The van der Waals surface area contributed by atoms with Gasteiger partial charge in [-0.3, -0.25) is 14.4 Å². The molecule has 5 rings (SSSR count). The number of aromatic hydroxyl groups is 2. The number of aliphatic hydroxyl groups excluding tert-OH is 2. The Balaban J connectivity index is 1.65. The van der Waals surface area contributed by atoms with Crippen LogP contribution in [0.3, 0.4) is 0 Å². The number of benzene rings is 2. The molecule has 42 heavy (non-hydrogen) atoms. The number of nitrogens with one attached hydrogen (secondary N) is 1. The van der Waals surface area contributed by atoms with Crippen LogP contribution in [0.2, 0.25) is 0 Å². The van der Waals surface area contributed by atoms with Crippen molar-refractivity contribution in [1.82, 2.24) is 5.32 Å². The van der Waals surface area contributed by atoms with Crippen LogP contribution in [0.5, 0.6) is 17.2 Å². The number of Topliss-reactive ketones (excluding diaryl/α,β-unsaturated/α-hetero) is 1. The van der Waals surface area contributed by atoms with Crippen LogP contribution in [0.1, 0.15) is 82.7 Å². The molecule has 0 bridgehead atoms. The van der Waals surface area contributed by atoms with Crippen LogP contribution in [0.25, 0.3) is 0 Å². The minimum Gasteiger partial charge on any atom is -0.507 e. The van der Waals surface area contributed by atoms with Gasteiger partial charge < -0.3 is 45.1 Å². The Morgan fingerprint density at radius 1 is 1.14 bits per heavy atom. The van der Waals surface area contributed by atoms with Gasteiger partial charge in [0, 0.05) is 48.0 Å². The molecule has 0 spiro atoms. The van der Waals surface area contributed by atoms with E-state index < -0.39 is 95.7 Å². The van der Waals surface area contributed by atoms with E-state index in [0.717, 1.165) is 0 Å². The van der Waals surface area contributed by atoms with Crippen LogP contribution >= 0.6 is 0 Å². The van der Waals surface area contributed by atoms with E-state index in [4.69, 9.17) is 14.2 Å². The molecule has 6 N–H and O–H groups in total. The van der Waals surface area contributed by atoms with Gasteiger partial charge in [-0.15, -0.1) is 0 Å². The van der Waals surface area contributed by atoms with Crippen molar-refractivity contribution in [1.29, 1.82) is 0 Å². The first-order valence-electron chi connectivity index (χ1n) is 13.8. The summed E-state index contributed by atoms with van der Waals surface area (Å²) < 4.78 is 17.4. The van der Waals surface area contributed by atoms with Gasteiger partial charge in [0.1, 0.15) is 29.5 Å². The molecule has 0 aromatic heterocycles. The Morgan fingerprint density at radius 2 is 1.83 bits per heavy atom. The molecule has 12 heteroatoms. The van der Waals surface area contributed by atoms with Crippen molar-refractivity contribution in [2.24, 2.45) is 0 Å². The average molecular weight is 586 g/mol. The zero-order valence-electron chi connectivity index (χ0n) is 23.7. The summed E-state index contributed by atoms with van der Waals surface area (Å²) in [4.78, 5) is 40.1. The molecule has 226 valence electrons. The van der Waals surface area contributed by atoms with Crippen molar-refractivity contribution in [3.8, 4) is 17.2 Å². The fraction of sp³-hybridized carbons (Fsp3) is 0.500. The number of fused-ring (bicyclic) bond motifs is 3. The fourth-order valence-corrected chi connectivity index (χ4v) is 6.31. The zero-order chi connectivity index (χ0) is 30.7. The first kappa shape index (κ1) is 30.1. The van der Waals surface area contributed by atoms with E-state index in [9.17, 15) is 39.9 Å². The van der Waals surface area contributed by atoms with E-state index in [1.807, 2.05) is 13.8 Å². The summed E-state index contributed by atoms with van der Waals surface area (Å²) in [5.74, 6) is -3.69. The highest BCUT2D eigenvalue weighted by molar-refractivity contribution is 6.31. The molecule has 2 aliphatic carbocycles. The molecule has 2 aromatic carbocycles. The molecule has 1 heterocycles. The number of carbonyl (C=O) groups is 3. The molecule has 2 aromatic rings. The maximum absolute atomic E-state index is 13.8. The summed E-state index contributed by atoms with van der Waals surface area (Å²) in [7, 11) is 1.33. The van der Waals surface area contributed by atoms with Crippen LogP contribution in [0, 0.1) is 0 Å². The second-order valence-corrected chi connectivity index (χ2v) is 11.4. The van der Waals surface area contributed by atoms with Crippen LogP contribution in [-0.2, 0) is 20.7 Å². The van der Waals surface area contributed by atoms with Gasteiger partial charge in [0.2, 0.25) is 5.78 Å². The van der Waals surface area contributed by atoms with Crippen LogP contribution in [0.15, 0.2) is 18.2 Å². The number of methoxy groups -OCH3 is 1. The Morgan fingerprint density at radius 3 is 2.48 bits per heavy atom. The summed E-state index contributed by atoms with van der Waals surface area (Å²) >= 11 is 0. The molecule has 12 nitrogen and oxygen atoms in total.